The molecule has 0 aliphatic carbocycles. The number of carbonyl (C=O) groups excluding carboxylic acids is 3. The molecule has 0 aliphatic heterocycles. The first-order chi connectivity index (χ1) is 21.6. The number of ether oxygens (including phenoxy) is 3. The minimum absolute atomic E-state index is 0.0272. The van der Waals surface area contributed by atoms with Gasteiger partial charge < -0.3 is 28.6 Å². The lowest BCUT2D eigenvalue weighted by atomic mass is 10.1. The lowest BCUT2D eigenvalue weighted by Gasteiger charge is -2.34. The number of rotatable bonds is 29. The molecule has 0 spiro atoms. The van der Waals surface area contributed by atoms with Gasteiger partial charge in [0.15, 0.2) is 6.10 Å². The lowest BCUT2D eigenvalue weighted by molar-refractivity contribution is -0.889. The molecule has 0 N–H and O–H groups in total. The molecule has 0 aromatic heterocycles. The van der Waals surface area contributed by atoms with Gasteiger partial charge in [-0.05, 0) is 32.1 Å². The molecule has 0 bridgehead atoms. The van der Waals surface area contributed by atoms with Crippen molar-refractivity contribution >= 4 is 17.9 Å². The van der Waals surface area contributed by atoms with Gasteiger partial charge in [0.25, 0.3) is 0 Å². The van der Waals surface area contributed by atoms with E-state index in [0.717, 1.165) is 51.4 Å². The first kappa shape index (κ1) is 42.3. The van der Waals surface area contributed by atoms with E-state index in [2.05, 4.69) is 26.0 Å². The summed E-state index contributed by atoms with van der Waals surface area (Å²) in [5.74, 6) is -1.80. The summed E-state index contributed by atoms with van der Waals surface area (Å²) in [5, 5.41) is 11.5. The van der Waals surface area contributed by atoms with Crippen molar-refractivity contribution in [3.8, 4) is 0 Å². The van der Waals surface area contributed by atoms with E-state index in [1.807, 2.05) is 36.5 Å². The third-order valence-electron chi connectivity index (χ3n) is 7.32. The number of carbonyl (C=O) groups is 3. The quantitative estimate of drug-likeness (QED) is 0.0387. The Morgan fingerprint density at radius 2 is 1.24 bits per heavy atom. The molecule has 258 valence electrons. The molecule has 0 amide bonds. The highest BCUT2D eigenvalue weighted by molar-refractivity contribution is 5.70. The van der Waals surface area contributed by atoms with Crippen LogP contribution in [-0.2, 0) is 28.6 Å². The Labute approximate surface area is 274 Å². The molecule has 0 radical (unpaired) electrons. The second-order valence-electron chi connectivity index (χ2n) is 12.5. The molecule has 0 heterocycles. The summed E-state index contributed by atoms with van der Waals surface area (Å²) >= 11 is 0. The van der Waals surface area contributed by atoms with Crippen molar-refractivity contribution in [3.05, 3.63) is 48.6 Å². The fourth-order valence-corrected chi connectivity index (χ4v) is 4.61. The highest BCUT2D eigenvalue weighted by Gasteiger charge is 2.25. The summed E-state index contributed by atoms with van der Waals surface area (Å²) in [6, 6.07) is -0.729. The number of allylic oxidation sites excluding steroid dienone is 8. The van der Waals surface area contributed by atoms with E-state index < -0.39 is 18.1 Å². The third kappa shape index (κ3) is 27.3. The largest absolute Gasteiger partial charge is 0.544 e. The SMILES string of the molecule is CC/C=C/C=C/C=C/C=C/CCCCCC(=O)OCC(COCCC(C(=O)[O-])[N+](C)(C)C)OC(=O)CCCCCCCCCC. The van der Waals surface area contributed by atoms with Crippen molar-refractivity contribution < 1.29 is 38.2 Å². The summed E-state index contributed by atoms with van der Waals surface area (Å²) in [4.78, 5) is 36.4. The van der Waals surface area contributed by atoms with Gasteiger partial charge in [-0.1, -0.05) is 114 Å². The van der Waals surface area contributed by atoms with Crippen molar-refractivity contribution in [2.24, 2.45) is 0 Å². The summed E-state index contributed by atoms with van der Waals surface area (Å²) in [6.07, 6.45) is 30.0. The summed E-state index contributed by atoms with van der Waals surface area (Å²) in [7, 11) is 5.37. The van der Waals surface area contributed by atoms with Crippen LogP contribution in [0, 0.1) is 0 Å². The topological polar surface area (TPSA) is 102 Å². The number of carboxylic acids is 1. The zero-order valence-electron chi connectivity index (χ0n) is 29.0. The van der Waals surface area contributed by atoms with Crippen molar-refractivity contribution in [2.45, 2.75) is 129 Å². The van der Waals surface area contributed by atoms with Gasteiger partial charge in [-0.15, -0.1) is 0 Å². The van der Waals surface area contributed by atoms with Crippen LogP contribution >= 0.6 is 0 Å². The average Bonchev–Trinajstić information content (AvgIpc) is 2.98. The molecule has 8 heteroatoms. The van der Waals surface area contributed by atoms with Crippen LogP contribution in [-0.4, -0.2) is 75.5 Å². The van der Waals surface area contributed by atoms with Crippen LogP contribution in [0.15, 0.2) is 48.6 Å². The Kier molecular flexibility index (Phi) is 27.0. The van der Waals surface area contributed by atoms with Crippen molar-refractivity contribution in [1.82, 2.24) is 0 Å². The zero-order valence-corrected chi connectivity index (χ0v) is 29.0. The molecule has 0 aromatic carbocycles. The van der Waals surface area contributed by atoms with E-state index >= 15 is 0 Å². The van der Waals surface area contributed by atoms with E-state index in [9.17, 15) is 19.5 Å². The Hall–Kier alpha value is -2.71. The van der Waals surface area contributed by atoms with Crippen LogP contribution in [0.2, 0.25) is 0 Å². The van der Waals surface area contributed by atoms with E-state index in [1.54, 1.807) is 21.1 Å². The maximum absolute atomic E-state index is 12.5. The zero-order chi connectivity index (χ0) is 33.6. The number of hydrogen-bond acceptors (Lipinski definition) is 7. The van der Waals surface area contributed by atoms with Gasteiger partial charge in [-0.2, -0.15) is 0 Å². The maximum Gasteiger partial charge on any atom is 0.306 e. The Bertz CT molecular complexity index is 886. The number of nitrogens with zero attached hydrogens (tertiary/aromatic N) is 1. The summed E-state index contributed by atoms with van der Waals surface area (Å²) in [5.41, 5.74) is 0. The van der Waals surface area contributed by atoms with Crippen molar-refractivity contribution in [3.63, 3.8) is 0 Å². The van der Waals surface area contributed by atoms with E-state index in [4.69, 9.17) is 14.2 Å². The number of carboxylic acid groups (broad SMARTS) is 1. The van der Waals surface area contributed by atoms with Crippen molar-refractivity contribution in [1.29, 1.82) is 0 Å². The number of unbranched alkanes of at least 4 members (excludes halogenated alkanes) is 10. The van der Waals surface area contributed by atoms with Crippen LogP contribution in [0.3, 0.4) is 0 Å². The van der Waals surface area contributed by atoms with Crippen LogP contribution < -0.4 is 5.11 Å². The van der Waals surface area contributed by atoms with Gasteiger partial charge in [-0.3, -0.25) is 9.59 Å². The van der Waals surface area contributed by atoms with Crippen LogP contribution in [0.1, 0.15) is 117 Å². The van der Waals surface area contributed by atoms with Crippen LogP contribution in [0.4, 0.5) is 0 Å². The first-order valence-electron chi connectivity index (χ1n) is 17.2. The van der Waals surface area contributed by atoms with E-state index in [-0.39, 0.29) is 42.7 Å². The number of quaternary nitrogens is 1. The van der Waals surface area contributed by atoms with Gasteiger partial charge >= 0.3 is 11.9 Å². The first-order valence-corrected chi connectivity index (χ1v) is 17.2. The number of likely N-dealkylation sites (N-methyl/N-ethyl adjacent to an activating group) is 1. The second kappa shape index (κ2) is 28.7. The van der Waals surface area contributed by atoms with Crippen LogP contribution in [0.25, 0.3) is 0 Å². The molecule has 8 nitrogen and oxygen atoms in total. The number of hydrogen-bond donors (Lipinski definition) is 0. The second-order valence-corrected chi connectivity index (χ2v) is 12.5. The molecular formula is C37H63NO7. The number of esters is 2. The normalized spacial score (nSPS) is 13.7. The fourth-order valence-electron chi connectivity index (χ4n) is 4.61. The van der Waals surface area contributed by atoms with Gasteiger partial charge in [0.1, 0.15) is 12.6 Å². The van der Waals surface area contributed by atoms with E-state index in [1.165, 1.54) is 32.1 Å². The third-order valence-corrected chi connectivity index (χ3v) is 7.32. The molecule has 45 heavy (non-hydrogen) atoms. The van der Waals surface area contributed by atoms with E-state index in [0.29, 0.717) is 12.8 Å². The summed E-state index contributed by atoms with van der Waals surface area (Å²) in [6.45, 7) is 4.41. The highest BCUT2D eigenvalue weighted by atomic mass is 16.6. The predicted octanol–water partition coefficient (Wildman–Crippen LogP) is 6.79. The van der Waals surface area contributed by atoms with Gasteiger partial charge in [0.2, 0.25) is 0 Å². The number of aliphatic carboxylic acids is 1. The Balaban J connectivity index is 4.53. The highest BCUT2D eigenvalue weighted by Crippen LogP contribution is 2.12. The Morgan fingerprint density at radius 3 is 1.84 bits per heavy atom. The van der Waals surface area contributed by atoms with Gasteiger partial charge in [-0.25, -0.2) is 0 Å². The molecule has 0 fully saturated rings. The van der Waals surface area contributed by atoms with Gasteiger partial charge in [0, 0.05) is 19.3 Å². The molecular weight excluding hydrogens is 570 g/mol. The fraction of sp³-hybridized carbons (Fsp3) is 0.703. The van der Waals surface area contributed by atoms with Gasteiger partial charge in [0.05, 0.1) is 40.3 Å². The molecule has 0 saturated heterocycles. The maximum atomic E-state index is 12.5. The monoisotopic (exact) mass is 633 g/mol. The molecule has 0 aliphatic rings. The molecule has 0 aromatic rings. The van der Waals surface area contributed by atoms with Crippen molar-refractivity contribution in [2.75, 3.05) is 41.0 Å². The standard InChI is InChI=1S/C37H63NO7/c1-6-8-10-12-14-16-17-18-19-20-22-23-25-27-35(39)44-32-33(31-43-30-29-34(37(41)42)38(3,4)5)45-36(40)28-26-24-21-15-13-11-9-7-2/h8,10,12,14,16-19,33-34H,6-7,9,11,13,15,20-32H2,1-5H3/b10-8+,14-12+,17-16+,19-18+. The minimum atomic E-state index is -1.13. The summed E-state index contributed by atoms with van der Waals surface area (Å²) < 4.78 is 16.9. The average molecular weight is 634 g/mol. The van der Waals surface area contributed by atoms with Crippen LogP contribution in [0.5, 0.6) is 0 Å². The predicted molar refractivity (Wildman–Crippen MR) is 180 cm³/mol. The smallest absolute Gasteiger partial charge is 0.306 e. The molecule has 2 atom stereocenters. The Morgan fingerprint density at radius 1 is 0.689 bits per heavy atom. The molecule has 0 saturated carbocycles. The molecule has 2 unspecified atom stereocenters. The minimum Gasteiger partial charge on any atom is -0.544 e. The lowest BCUT2D eigenvalue weighted by Crippen LogP contribution is -2.55. The molecule has 0 rings (SSSR count).